The van der Waals surface area contributed by atoms with E-state index >= 15 is 0 Å². The summed E-state index contributed by atoms with van der Waals surface area (Å²) in [7, 11) is -4.11. The number of sulfonamides is 1. The molecular weight excluding hydrogens is 573 g/mol. The summed E-state index contributed by atoms with van der Waals surface area (Å²) in [4.78, 5) is 42.1. The lowest BCUT2D eigenvalue weighted by molar-refractivity contribution is -0.138. The highest BCUT2D eigenvalue weighted by atomic mass is 32.2. The van der Waals surface area contributed by atoms with Gasteiger partial charge in [-0.1, -0.05) is 51.5 Å². The van der Waals surface area contributed by atoms with Gasteiger partial charge in [-0.25, -0.2) is 8.42 Å². The fourth-order valence-electron chi connectivity index (χ4n) is 5.59. The number of nitrogens with zero attached hydrogens (tertiary/aromatic N) is 3. The maximum atomic E-state index is 13.9. The van der Waals surface area contributed by atoms with Crippen molar-refractivity contribution in [3.8, 4) is 0 Å². The van der Waals surface area contributed by atoms with Crippen molar-refractivity contribution in [1.29, 1.82) is 0 Å². The van der Waals surface area contributed by atoms with Crippen molar-refractivity contribution in [3.63, 3.8) is 0 Å². The van der Waals surface area contributed by atoms with E-state index in [4.69, 9.17) is 0 Å². The first-order chi connectivity index (χ1) is 19.9. The zero-order chi connectivity index (χ0) is 30.5. The third-order valence-electron chi connectivity index (χ3n) is 8.03. The number of amidine groups is 1. The maximum absolute atomic E-state index is 13.9. The Morgan fingerprint density at radius 3 is 2.21 bits per heavy atom. The molecule has 3 heterocycles. The molecule has 13 heteroatoms. The highest BCUT2D eigenvalue weighted by Gasteiger charge is 2.47. The molecule has 3 amide bonds. The number of nitrogens with one attached hydrogen (secondary N) is 1. The van der Waals surface area contributed by atoms with Gasteiger partial charge < -0.3 is 5.32 Å². The number of hydrogen-bond donors (Lipinski definition) is 1. The van der Waals surface area contributed by atoms with Gasteiger partial charge in [-0.15, -0.1) is 0 Å². The number of unbranched alkanes of at least 4 members (excludes halogenated alkanes) is 6. The Morgan fingerprint density at radius 2 is 1.60 bits per heavy atom. The van der Waals surface area contributed by atoms with Gasteiger partial charge in [0.2, 0.25) is 21.8 Å². The summed E-state index contributed by atoms with van der Waals surface area (Å²) in [6.07, 6.45) is 4.81. The molecule has 9 nitrogen and oxygen atoms in total. The highest BCUT2D eigenvalue weighted by Crippen LogP contribution is 2.37. The molecule has 0 aromatic heterocycles. The molecule has 230 valence electrons. The minimum Gasteiger partial charge on any atom is -0.312 e. The number of imide groups is 1. The molecule has 1 spiro atoms. The lowest BCUT2D eigenvalue weighted by Gasteiger charge is -2.34. The van der Waals surface area contributed by atoms with Gasteiger partial charge in [-0.2, -0.15) is 17.5 Å². The summed E-state index contributed by atoms with van der Waals surface area (Å²) >= 11 is 0. The van der Waals surface area contributed by atoms with E-state index < -0.39 is 44.7 Å². The molecule has 2 fully saturated rings. The first-order valence-electron chi connectivity index (χ1n) is 14.5. The van der Waals surface area contributed by atoms with Crippen LogP contribution in [0.2, 0.25) is 0 Å². The molecule has 1 aromatic carbocycles. The second-order valence-electron chi connectivity index (χ2n) is 11.1. The molecule has 3 aliphatic heterocycles. The minimum atomic E-state index is -4.86. The molecule has 3 aliphatic rings. The predicted molar refractivity (Wildman–Crippen MR) is 153 cm³/mol. The fraction of sp³-hybridized carbons (Fsp3) is 0.586. The molecule has 0 saturated carbocycles. The SMILES string of the molecule is CCCCCCCCCC1=NC2(CCN(S(=O)(=O)/C=C/c3ccc(N4C(=O)CCC4=O)cc3C(F)(F)F)CC2)C(=O)N1. The molecule has 0 aliphatic carbocycles. The second kappa shape index (κ2) is 13.1. The van der Waals surface area contributed by atoms with Crippen molar-refractivity contribution in [2.45, 2.75) is 95.7 Å². The zero-order valence-electron chi connectivity index (χ0n) is 23.7. The van der Waals surface area contributed by atoms with E-state index in [1.54, 1.807) is 0 Å². The summed E-state index contributed by atoms with van der Waals surface area (Å²) in [6.45, 7) is 2.17. The van der Waals surface area contributed by atoms with Gasteiger partial charge in [-0.3, -0.25) is 24.3 Å². The van der Waals surface area contributed by atoms with Crippen LogP contribution in [0.25, 0.3) is 6.08 Å². The van der Waals surface area contributed by atoms with E-state index in [-0.39, 0.29) is 50.4 Å². The van der Waals surface area contributed by atoms with E-state index in [9.17, 15) is 36.0 Å². The smallest absolute Gasteiger partial charge is 0.312 e. The molecule has 42 heavy (non-hydrogen) atoms. The summed E-state index contributed by atoms with van der Waals surface area (Å²) < 4.78 is 68.7. The zero-order valence-corrected chi connectivity index (χ0v) is 24.5. The predicted octanol–water partition coefficient (Wildman–Crippen LogP) is 5.16. The number of anilines is 1. The molecular formula is C29H37F3N4O5S. The maximum Gasteiger partial charge on any atom is 0.417 e. The Bertz CT molecular complexity index is 1350. The number of alkyl halides is 3. The number of benzene rings is 1. The number of rotatable bonds is 12. The number of carbonyl (C=O) groups excluding carboxylic acids is 3. The number of halogens is 3. The number of piperidine rings is 1. The van der Waals surface area contributed by atoms with E-state index in [1.807, 2.05) is 0 Å². The Kier molecular flexibility index (Phi) is 9.92. The second-order valence-corrected chi connectivity index (χ2v) is 12.9. The van der Waals surface area contributed by atoms with Crippen LogP contribution in [0.5, 0.6) is 0 Å². The van der Waals surface area contributed by atoms with Gasteiger partial charge in [0.05, 0.1) is 11.3 Å². The van der Waals surface area contributed by atoms with Crippen LogP contribution in [0, 0.1) is 0 Å². The van der Waals surface area contributed by atoms with E-state index in [0.717, 1.165) is 35.7 Å². The van der Waals surface area contributed by atoms with Crippen molar-refractivity contribution in [1.82, 2.24) is 9.62 Å². The van der Waals surface area contributed by atoms with Gasteiger partial charge in [0.15, 0.2) is 0 Å². The quantitative estimate of drug-likeness (QED) is 0.259. The van der Waals surface area contributed by atoms with Gasteiger partial charge in [-0.05, 0) is 43.0 Å². The van der Waals surface area contributed by atoms with Crippen molar-refractivity contribution < 1.29 is 36.0 Å². The minimum absolute atomic E-state index is 0.00144. The van der Waals surface area contributed by atoms with Crippen LogP contribution < -0.4 is 10.2 Å². The highest BCUT2D eigenvalue weighted by molar-refractivity contribution is 7.92. The van der Waals surface area contributed by atoms with E-state index in [0.29, 0.717) is 28.6 Å². The number of amides is 3. The van der Waals surface area contributed by atoms with Crippen molar-refractivity contribution >= 4 is 45.3 Å². The van der Waals surface area contributed by atoms with Crippen molar-refractivity contribution in [2.24, 2.45) is 4.99 Å². The summed E-state index contributed by atoms with van der Waals surface area (Å²) in [6, 6.07) is 2.91. The van der Waals surface area contributed by atoms with Crippen molar-refractivity contribution in [3.05, 3.63) is 34.7 Å². The van der Waals surface area contributed by atoms with Crippen LogP contribution in [0.4, 0.5) is 18.9 Å². The average molecular weight is 611 g/mol. The summed E-state index contributed by atoms with van der Waals surface area (Å²) in [5.41, 5.74) is -2.81. The summed E-state index contributed by atoms with van der Waals surface area (Å²) in [5.74, 6) is -0.790. The van der Waals surface area contributed by atoms with Crippen LogP contribution in [-0.4, -0.2) is 54.9 Å². The van der Waals surface area contributed by atoms with Crippen LogP contribution >= 0.6 is 0 Å². The average Bonchev–Trinajstić information content (AvgIpc) is 3.43. The molecule has 2 saturated heterocycles. The van der Waals surface area contributed by atoms with Crippen LogP contribution in [0.1, 0.15) is 95.1 Å². The Hall–Kier alpha value is -3.06. The van der Waals surface area contributed by atoms with Gasteiger partial charge in [0.1, 0.15) is 11.4 Å². The summed E-state index contributed by atoms with van der Waals surface area (Å²) in [5, 5.41) is 3.57. The largest absolute Gasteiger partial charge is 0.417 e. The van der Waals surface area contributed by atoms with Gasteiger partial charge in [0, 0.05) is 37.8 Å². The first kappa shape index (κ1) is 31.9. The van der Waals surface area contributed by atoms with Crippen LogP contribution in [0.3, 0.4) is 0 Å². The molecule has 0 atom stereocenters. The fourth-order valence-corrected chi connectivity index (χ4v) is 6.77. The molecule has 1 N–H and O–H groups in total. The number of hydrogen-bond acceptors (Lipinski definition) is 6. The third kappa shape index (κ3) is 7.28. The molecule has 0 radical (unpaired) electrons. The van der Waals surface area contributed by atoms with E-state index in [1.165, 1.54) is 31.7 Å². The standard InChI is InChI=1S/C29H37F3N4O5S/c1-2-3-4-5-6-7-8-9-24-33-27(39)28(34-24)15-17-35(18-16-28)42(40,41)19-14-21-10-11-22(20-23(21)29(30,31)32)36-25(37)12-13-26(36)38/h10-11,14,19-20H,2-9,12-13,15-18H2,1H3,(H,33,34,39)/b19-14+. The Morgan fingerprint density at radius 1 is 0.976 bits per heavy atom. The van der Waals surface area contributed by atoms with Gasteiger partial charge in [0.25, 0.3) is 5.91 Å². The Labute approximate surface area is 244 Å². The molecule has 4 rings (SSSR count). The lowest BCUT2D eigenvalue weighted by Crippen LogP contribution is -2.50. The van der Waals surface area contributed by atoms with Crippen LogP contribution in [0.15, 0.2) is 28.6 Å². The van der Waals surface area contributed by atoms with Gasteiger partial charge >= 0.3 is 6.18 Å². The number of carbonyl (C=O) groups is 3. The van der Waals surface area contributed by atoms with E-state index in [2.05, 4.69) is 17.2 Å². The lowest BCUT2D eigenvalue weighted by atomic mass is 9.89. The Balaban J connectivity index is 1.39. The first-order valence-corrected chi connectivity index (χ1v) is 16.0. The number of aliphatic imine (C=N–C) groups is 1. The van der Waals surface area contributed by atoms with Crippen LogP contribution in [-0.2, 0) is 30.6 Å². The molecule has 1 aromatic rings. The topological polar surface area (TPSA) is 116 Å². The monoisotopic (exact) mass is 610 g/mol. The molecule has 0 bridgehead atoms. The third-order valence-corrected chi connectivity index (χ3v) is 9.59. The molecule has 0 unspecified atom stereocenters. The normalized spacial score (nSPS) is 19.8. The van der Waals surface area contributed by atoms with Crippen molar-refractivity contribution in [2.75, 3.05) is 18.0 Å².